The first-order valence-electron chi connectivity index (χ1n) is 12.6. The van der Waals surface area contributed by atoms with Crippen molar-refractivity contribution in [2.45, 2.75) is 51.7 Å². The summed E-state index contributed by atoms with van der Waals surface area (Å²) in [5, 5.41) is 9.86. The number of likely N-dealkylation sites (N-methyl/N-ethyl adjacent to an activating group) is 1. The van der Waals surface area contributed by atoms with E-state index in [2.05, 4.69) is 40.7 Å². The Bertz CT molecular complexity index is 1060. The molecule has 0 saturated heterocycles. The molecule has 1 amide bonds. The zero-order valence-electron chi connectivity index (χ0n) is 21.0. The molecule has 0 unspecified atom stereocenters. The first-order valence-corrected chi connectivity index (χ1v) is 12.6. The van der Waals surface area contributed by atoms with Gasteiger partial charge in [0.05, 0.1) is 12.6 Å². The van der Waals surface area contributed by atoms with Gasteiger partial charge in [-0.3, -0.25) is 4.79 Å². The lowest BCUT2D eigenvalue weighted by Crippen LogP contribution is -2.50. The number of amides is 1. The predicted octanol–water partition coefficient (Wildman–Crippen LogP) is 3.22. The molecule has 2 aliphatic rings. The fourth-order valence-electron chi connectivity index (χ4n) is 4.98. The lowest BCUT2D eigenvalue weighted by atomic mass is 9.99. The molecule has 35 heavy (non-hydrogen) atoms. The molecule has 4 rings (SSSR count). The summed E-state index contributed by atoms with van der Waals surface area (Å²) in [5.41, 5.74) is 1.65. The Kier molecular flexibility index (Phi) is 8.37. The second-order valence-corrected chi connectivity index (χ2v) is 10.0. The standard InChI is InChI=1S/C28H36N4O3/c1-20-16-32(21(2)19-33)28(34)25-14-23(11-12-24-10-6-7-13-29-24)15-30-27(25)35-26(20)18-31(3)17-22-8-4-5-9-22/h6-7,10,13-15,20-22,26,33H,4-5,8-9,16-19H2,1-3H3/t20-,21-,26+/m1/s1. The van der Waals surface area contributed by atoms with Crippen LogP contribution in [0.25, 0.3) is 0 Å². The van der Waals surface area contributed by atoms with E-state index in [1.807, 2.05) is 25.1 Å². The molecule has 1 N–H and O–H groups in total. The zero-order valence-corrected chi connectivity index (χ0v) is 21.0. The molecule has 3 heterocycles. The van der Waals surface area contributed by atoms with E-state index in [4.69, 9.17) is 4.74 Å². The molecule has 1 fully saturated rings. The molecule has 3 atom stereocenters. The number of hydrogen-bond acceptors (Lipinski definition) is 6. The van der Waals surface area contributed by atoms with Crippen molar-refractivity contribution >= 4 is 5.91 Å². The van der Waals surface area contributed by atoms with E-state index in [1.54, 1.807) is 23.4 Å². The average molecular weight is 477 g/mol. The van der Waals surface area contributed by atoms with E-state index in [0.717, 1.165) is 19.0 Å². The Morgan fingerprint density at radius 2 is 2.03 bits per heavy atom. The van der Waals surface area contributed by atoms with Crippen molar-refractivity contribution in [2.75, 3.05) is 33.3 Å². The maximum Gasteiger partial charge on any atom is 0.259 e. The minimum absolute atomic E-state index is 0.0811. The molecule has 186 valence electrons. The topological polar surface area (TPSA) is 78.8 Å². The van der Waals surface area contributed by atoms with Crippen molar-refractivity contribution in [2.24, 2.45) is 11.8 Å². The summed E-state index contributed by atoms with van der Waals surface area (Å²) in [7, 11) is 2.15. The number of pyridine rings is 2. The van der Waals surface area contributed by atoms with Gasteiger partial charge in [-0.05, 0) is 56.9 Å². The van der Waals surface area contributed by atoms with Crippen LogP contribution < -0.4 is 4.74 Å². The number of hydrogen-bond donors (Lipinski definition) is 1. The quantitative estimate of drug-likeness (QED) is 0.645. The first-order chi connectivity index (χ1) is 16.9. The maximum absolute atomic E-state index is 13.5. The number of aromatic nitrogens is 2. The number of ether oxygens (including phenoxy) is 1. The van der Waals surface area contributed by atoms with E-state index in [1.165, 1.54) is 25.7 Å². The Hall–Kier alpha value is -2.95. The van der Waals surface area contributed by atoms with Crippen LogP contribution in [0.3, 0.4) is 0 Å². The summed E-state index contributed by atoms with van der Waals surface area (Å²) in [6.07, 6.45) is 8.47. The van der Waals surface area contributed by atoms with Crippen molar-refractivity contribution in [1.29, 1.82) is 0 Å². The van der Waals surface area contributed by atoms with Gasteiger partial charge in [0.25, 0.3) is 5.91 Å². The van der Waals surface area contributed by atoms with Gasteiger partial charge in [0, 0.05) is 43.5 Å². The Morgan fingerprint density at radius 3 is 2.74 bits per heavy atom. The highest BCUT2D eigenvalue weighted by atomic mass is 16.5. The Morgan fingerprint density at radius 1 is 1.23 bits per heavy atom. The largest absolute Gasteiger partial charge is 0.472 e. The van der Waals surface area contributed by atoms with Gasteiger partial charge in [-0.2, -0.15) is 0 Å². The molecule has 2 aromatic heterocycles. The number of aliphatic hydroxyl groups excluding tert-OH is 1. The highest BCUT2D eigenvalue weighted by molar-refractivity contribution is 5.97. The number of carbonyl (C=O) groups excluding carboxylic acids is 1. The van der Waals surface area contributed by atoms with E-state index in [0.29, 0.717) is 29.2 Å². The molecule has 7 heteroatoms. The molecular weight excluding hydrogens is 440 g/mol. The van der Waals surface area contributed by atoms with Gasteiger partial charge < -0.3 is 19.6 Å². The number of rotatable bonds is 6. The van der Waals surface area contributed by atoms with E-state index >= 15 is 0 Å². The van der Waals surface area contributed by atoms with Crippen LogP contribution in [0.4, 0.5) is 0 Å². The normalized spacial score (nSPS) is 21.5. The maximum atomic E-state index is 13.5. The smallest absolute Gasteiger partial charge is 0.259 e. The van der Waals surface area contributed by atoms with Gasteiger partial charge in [-0.15, -0.1) is 0 Å². The Labute approximate surface area is 208 Å². The van der Waals surface area contributed by atoms with Crippen molar-refractivity contribution in [3.63, 3.8) is 0 Å². The summed E-state index contributed by atoms with van der Waals surface area (Å²) in [4.78, 5) is 26.4. The van der Waals surface area contributed by atoms with Crippen molar-refractivity contribution in [3.05, 3.63) is 53.5 Å². The van der Waals surface area contributed by atoms with E-state index < -0.39 is 0 Å². The van der Waals surface area contributed by atoms with Crippen LogP contribution in [-0.4, -0.2) is 76.2 Å². The fraction of sp³-hybridized carbons (Fsp3) is 0.536. The van der Waals surface area contributed by atoms with Crippen LogP contribution in [0, 0.1) is 23.7 Å². The summed E-state index contributed by atoms with van der Waals surface area (Å²) >= 11 is 0. The van der Waals surface area contributed by atoms with Crippen molar-refractivity contribution in [3.8, 4) is 17.7 Å². The van der Waals surface area contributed by atoms with Crippen LogP contribution in [0.1, 0.15) is 61.1 Å². The zero-order chi connectivity index (χ0) is 24.8. The molecule has 1 aliphatic heterocycles. The molecule has 0 aromatic carbocycles. The molecule has 1 aliphatic carbocycles. The van der Waals surface area contributed by atoms with Crippen molar-refractivity contribution < 1.29 is 14.6 Å². The number of aliphatic hydroxyl groups is 1. The van der Waals surface area contributed by atoms with Gasteiger partial charge in [0.2, 0.25) is 5.88 Å². The van der Waals surface area contributed by atoms with Gasteiger partial charge in [0.15, 0.2) is 0 Å². The van der Waals surface area contributed by atoms with Gasteiger partial charge in [0.1, 0.15) is 17.4 Å². The summed E-state index contributed by atoms with van der Waals surface area (Å²) < 4.78 is 6.41. The Balaban J connectivity index is 1.61. The first kappa shape index (κ1) is 25.2. The second kappa shape index (κ2) is 11.7. The van der Waals surface area contributed by atoms with Crippen LogP contribution in [0.5, 0.6) is 5.88 Å². The van der Waals surface area contributed by atoms with Crippen LogP contribution in [0.15, 0.2) is 36.7 Å². The van der Waals surface area contributed by atoms with E-state index in [-0.39, 0.29) is 30.6 Å². The van der Waals surface area contributed by atoms with Gasteiger partial charge >= 0.3 is 0 Å². The minimum Gasteiger partial charge on any atom is -0.472 e. The number of fused-ring (bicyclic) bond motifs is 1. The molecule has 1 saturated carbocycles. The molecular formula is C28H36N4O3. The molecule has 0 bridgehead atoms. The lowest BCUT2D eigenvalue weighted by Gasteiger charge is -2.38. The van der Waals surface area contributed by atoms with Crippen molar-refractivity contribution in [1.82, 2.24) is 19.8 Å². The summed E-state index contributed by atoms with van der Waals surface area (Å²) in [5.74, 6) is 7.05. The number of carbonyl (C=O) groups is 1. The predicted molar refractivity (Wildman–Crippen MR) is 135 cm³/mol. The second-order valence-electron chi connectivity index (χ2n) is 10.0. The molecule has 2 aromatic rings. The lowest BCUT2D eigenvalue weighted by molar-refractivity contribution is 0.0320. The van der Waals surface area contributed by atoms with E-state index in [9.17, 15) is 9.90 Å². The molecule has 7 nitrogen and oxygen atoms in total. The highest BCUT2D eigenvalue weighted by Gasteiger charge is 2.34. The SMILES string of the molecule is C[C@@H]1CN([C@H](C)CO)C(=O)c2cc(C#Cc3ccccn3)cnc2O[C@H]1CN(C)CC1CCCC1. The van der Waals surface area contributed by atoms with Gasteiger partial charge in [-0.1, -0.05) is 31.8 Å². The summed E-state index contributed by atoms with van der Waals surface area (Å²) in [6.45, 7) is 6.20. The minimum atomic E-state index is -0.309. The number of nitrogens with zero attached hydrogens (tertiary/aromatic N) is 4. The van der Waals surface area contributed by atoms with Crippen LogP contribution in [0.2, 0.25) is 0 Å². The third-order valence-corrected chi connectivity index (χ3v) is 7.06. The van der Waals surface area contributed by atoms with Crippen LogP contribution in [-0.2, 0) is 0 Å². The third-order valence-electron chi connectivity index (χ3n) is 7.06. The van der Waals surface area contributed by atoms with Crippen LogP contribution >= 0.6 is 0 Å². The average Bonchev–Trinajstić information content (AvgIpc) is 3.38. The third kappa shape index (κ3) is 6.39. The van der Waals surface area contributed by atoms with Gasteiger partial charge in [-0.25, -0.2) is 9.97 Å². The summed E-state index contributed by atoms with van der Waals surface area (Å²) in [6, 6.07) is 6.99. The molecule has 0 radical (unpaired) electrons. The monoisotopic (exact) mass is 476 g/mol. The fourth-order valence-corrected chi connectivity index (χ4v) is 4.98. The molecule has 0 spiro atoms. The highest BCUT2D eigenvalue weighted by Crippen LogP contribution is 2.29.